The maximum atomic E-state index is 12.5. The van der Waals surface area contributed by atoms with Gasteiger partial charge in [-0.3, -0.25) is 14.2 Å². The second kappa shape index (κ2) is 9.08. The number of carbonyl (C=O) groups is 2. The molecule has 144 valence electrons. The van der Waals surface area contributed by atoms with E-state index in [9.17, 15) is 9.59 Å². The fourth-order valence-electron chi connectivity index (χ4n) is 2.75. The van der Waals surface area contributed by atoms with E-state index < -0.39 is 0 Å². The number of halogens is 1. The summed E-state index contributed by atoms with van der Waals surface area (Å²) in [7, 11) is 0. The molecule has 7 heteroatoms. The Balaban J connectivity index is 1.64. The third-order valence-corrected chi connectivity index (χ3v) is 5.42. The van der Waals surface area contributed by atoms with Gasteiger partial charge in [-0.25, -0.2) is 4.98 Å². The molecule has 3 aromatic rings. The van der Waals surface area contributed by atoms with Crippen LogP contribution < -0.4 is 5.32 Å². The van der Waals surface area contributed by atoms with Gasteiger partial charge in [-0.15, -0.1) is 0 Å². The lowest BCUT2D eigenvalue weighted by atomic mass is 10.0. The molecule has 0 aliphatic carbocycles. The maximum absolute atomic E-state index is 12.5. The smallest absolute Gasteiger partial charge is 0.217 e. The van der Waals surface area contributed by atoms with Crippen molar-refractivity contribution < 1.29 is 9.59 Å². The molecular weight excluding hydrogens is 394 g/mol. The van der Waals surface area contributed by atoms with Gasteiger partial charge < -0.3 is 5.32 Å². The third-order valence-electron chi connectivity index (χ3n) is 4.20. The molecule has 1 atom stereocenters. The van der Waals surface area contributed by atoms with Crippen LogP contribution in [0.4, 0.5) is 0 Å². The molecule has 1 unspecified atom stereocenters. The molecule has 0 saturated heterocycles. The fourth-order valence-corrected chi connectivity index (χ4v) is 3.75. The van der Waals surface area contributed by atoms with Crippen LogP contribution in [0.5, 0.6) is 0 Å². The Morgan fingerprint density at radius 3 is 2.46 bits per heavy atom. The highest BCUT2D eigenvalue weighted by Gasteiger charge is 2.12. The van der Waals surface area contributed by atoms with Gasteiger partial charge in [-0.1, -0.05) is 47.6 Å². The summed E-state index contributed by atoms with van der Waals surface area (Å²) in [6.45, 7) is 3.39. The zero-order chi connectivity index (χ0) is 20.1. The molecule has 0 saturated carbocycles. The van der Waals surface area contributed by atoms with E-state index in [2.05, 4.69) is 10.3 Å². The summed E-state index contributed by atoms with van der Waals surface area (Å²) < 4.78 is 1.92. The van der Waals surface area contributed by atoms with E-state index in [0.717, 1.165) is 16.4 Å². The lowest BCUT2D eigenvalue weighted by Crippen LogP contribution is -2.23. The molecule has 28 heavy (non-hydrogen) atoms. The molecule has 1 heterocycles. The molecule has 0 radical (unpaired) electrons. The van der Waals surface area contributed by atoms with Crippen molar-refractivity contribution in [3.05, 3.63) is 77.1 Å². The second-order valence-corrected chi connectivity index (χ2v) is 7.69. The first kappa shape index (κ1) is 20.2. The number of imidazole rings is 1. The Labute approximate surface area is 173 Å². The third kappa shape index (κ3) is 5.03. The minimum atomic E-state index is -0.0946. The molecule has 0 bridgehead atoms. The van der Waals surface area contributed by atoms with Gasteiger partial charge >= 0.3 is 0 Å². The van der Waals surface area contributed by atoms with Crippen LogP contribution >= 0.6 is 23.4 Å². The van der Waals surface area contributed by atoms with Gasteiger partial charge in [0.1, 0.15) is 0 Å². The van der Waals surface area contributed by atoms with Crippen molar-refractivity contribution in [3.63, 3.8) is 0 Å². The van der Waals surface area contributed by atoms with Crippen molar-refractivity contribution in [2.24, 2.45) is 0 Å². The molecule has 3 rings (SSSR count). The van der Waals surface area contributed by atoms with Crippen LogP contribution in [0, 0.1) is 0 Å². The summed E-state index contributed by atoms with van der Waals surface area (Å²) in [4.78, 5) is 28.1. The summed E-state index contributed by atoms with van der Waals surface area (Å²) in [6, 6.07) is 14.7. The Kier molecular flexibility index (Phi) is 6.54. The van der Waals surface area contributed by atoms with Crippen LogP contribution in [-0.4, -0.2) is 27.0 Å². The van der Waals surface area contributed by atoms with Crippen molar-refractivity contribution in [1.29, 1.82) is 0 Å². The maximum Gasteiger partial charge on any atom is 0.217 e. The summed E-state index contributed by atoms with van der Waals surface area (Å²) in [6.07, 6.45) is 3.56. The van der Waals surface area contributed by atoms with E-state index in [-0.39, 0.29) is 23.5 Å². The fraction of sp³-hybridized carbons (Fsp3) is 0.190. The average Bonchev–Trinajstić information content (AvgIpc) is 3.15. The summed E-state index contributed by atoms with van der Waals surface area (Å²) >= 11 is 7.33. The van der Waals surface area contributed by atoms with E-state index in [1.54, 1.807) is 18.3 Å². The van der Waals surface area contributed by atoms with Crippen LogP contribution in [0.3, 0.4) is 0 Å². The number of carbonyl (C=O) groups excluding carboxylic acids is 2. The first-order valence-corrected chi connectivity index (χ1v) is 10.1. The largest absolute Gasteiger partial charge is 0.350 e. The number of hydrogen-bond acceptors (Lipinski definition) is 4. The lowest BCUT2D eigenvalue weighted by molar-refractivity contribution is -0.119. The molecule has 0 aliphatic rings. The van der Waals surface area contributed by atoms with Gasteiger partial charge in [-0.2, -0.15) is 0 Å². The molecule has 2 aromatic carbocycles. The predicted octanol–water partition coefficient (Wildman–Crippen LogP) is 4.70. The van der Waals surface area contributed by atoms with Gasteiger partial charge in [0.25, 0.3) is 0 Å². The first-order valence-electron chi connectivity index (χ1n) is 8.76. The van der Waals surface area contributed by atoms with Crippen molar-refractivity contribution in [2.45, 2.75) is 25.0 Å². The van der Waals surface area contributed by atoms with Crippen LogP contribution in [-0.2, 0) is 4.79 Å². The quantitative estimate of drug-likeness (QED) is 0.450. The van der Waals surface area contributed by atoms with E-state index in [1.807, 2.05) is 54.1 Å². The molecular formula is C21H20ClN3O2S. The second-order valence-electron chi connectivity index (χ2n) is 6.31. The number of nitrogens with one attached hydrogen (secondary N) is 1. The zero-order valence-electron chi connectivity index (χ0n) is 15.6. The zero-order valence-corrected chi connectivity index (χ0v) is 17.1. The highest BCUT2D eigenvalue weighted by Crippen LogP contribution is 2.23. The molecule has 5 nitrogen and oxygen atoms in total. The molecule has 1 aromatic heterocycles. The van der Waals surface area contributed by atoms with Crippen LogP contribution in [0.2, 0.25) is 5.02 Å². The highest BCUT2D eigenvalue weighted by atomic mass is 35.5. The Morgan fingerprint density at radius 2 is 1.82 bits per heavy atom. The normalized spacial score (nSPS) is 11.8. The SMILES string of the molecule is CC(=O)NC(C)c1ccc(C(=O)CSc2nccn2-c2ccc(Cl)cc2)cc1. The average molecular weight is 414 g/mol. The molecule has 1 N–H and O–H groups in total. The molecule has 0 aliphatic heterocycles. The molecule has 0 spiro atoms. The summed E-state index contributed by atoms with van der Waals surface area (Å²) in [5, 5.41) is 4.24. The number of amides is 1. The number of aromatic nitrogens is 2. The van der Waals surface area contributed by atoms with Crippen LogP contribution in [0.1, 0.15) is 35.8 Å². The standard InChI is InChI=1S/C21H20ClN3O2S/c1-14(24-15(2)26)16-3-5-17(6-4-16)20(27)13-28-21-23-11-12-25(21)19-9-7-18(22)8-10-19/h3-12,14H,13H2,1-2H3,(H,24,26). The predicted molar refractivity (Wildman–Crippen MR) is 112 cm³/mol. The number of rotatable bonds is 7. The number of ketones is 1. The topological polar surface area (TPSA) is 64.0 Å². The van der Waals surface area contributed by atoms with E-state index >= 15 is 0 Å². The van der Waals surface area contributed by atoms with Crippen molar-refractivity contribution >= 4 is 35.1 Å². The van der Waals surface area contributed by atoms with Gasteiger partial charge in [-0.05, 0) is 36.8 Å². The first-order chi connectivity index (χ1) is 13.4. The molecule has 0 fully saturated rings. The number of hydrogen-bond donors (Lipinski definition) is 1. The Hall–Kier alpha value is -2.57. The lowest BCUT2D eigenvalue weighted by Gasteiger charge is -2.13. The van der Waals surface area contributed by atoms with Crippen LogP contribution in [0.25, 0.3) is 5.69 Å². The van der Waals surface area contributed by atoms with Gasteiger partial charge in [0.05, 0.1) is 11.8 Å². The van der Waals surface area contributed by atoms with Crippen LogP contribution in [0.15, 0.2) is 66.1 Å². The van der Waals surface area contributed by atoms with Crippen molar-refractivity contribution in [1.82, 2.24) is 14.9 Å². The summed E-state index contributed by atoms with van der Waals surface area (Å²) in [5.74, 6) is 0.222. The van der Waals surface area contributed by atoms with Gasteiger partial charge in [0, 0.05) is 35.6 Å². The van der Waals surface area contributed by atoms with E-state index in [1.165, 1.54) is 18.7 Å². The number of thioether (sulfide) groups is 1. The minimum absolute atomic E-state index is 0.0226. The summed E-state index contributed by atoms with van der Waals surface area (Å²) in [5.41, 5.74) is 2.53. The monoisotopic (exact) mass is 413 g/mol. The number of nitrogens with zero attached hydrogens (tertiary/aromatic N) is 2. The van der Waals surface area contributed by atoms with E-state index in [4.69, 9.17) is 11.6 Å². The molecule has 1 amide bonds. The van der Waals surface area contributed by atoms with E-state index in [0.29, 0.717) is 10.6 Å². The minimum Gasteiger partial charge on any atom is -0.350 e. The number of Topliss-reactive ketones (excluding diaryl/α,β-unsaturated/α-hetero) is 1. The van der Waals surface area contributed by atoms with Gasteiger partial charge in [0.2, 0.25) is 5.91 Å². The van der Waals surface area contributed by atoms with Crippen molar-refractivity contribution in [3.8, 4) is 5.69 Å². The Morgan fingerprint density at radius 1 is 1.14 bits per heavy atom. The van der Waals surface area contributed by atoms with Crippen molar-refractivity contribution in [2.75, 3.05) is 5.75 Å². The highest BCUT2D eigenvalue weighted by molar-refractivity contribution is 7.99. The Bertz CT molecular complexity index is 968. The number of benzene rings is 2. The van der Waals surface area contributed by atoms with Gasteiger partial charge in [0.15, 0.2) is 10.9 Å².